The minimum absolute atomic E-state index is 0.0319. The van der Waals surface area contributed by atoms with Gasteiger partial charge in [-0.05, 0) is 77.5 Å². The van der Waals surface area contributed by atoms with E-state index in [1.807, 2.05) is 22.6 Å². The van der Waals surface area contributed by atoms with Crippen LogP contribution in [0.3, 0.4) is 0 Å². The van der Waals surface area contributed by atoms with E-state index < -0.39 is 28.1 Å². The van der Waals surface area contributed by atoms with E-state index >= 15 is 0 Å². The quantitative estimate of drug-likeness (QED) is 0.257. The molecule has 1 amide bonds. The summed E-state index contributed by atoms with van der Waals surface area (Å²) in [4.78, 5) is 13.0. The summed E-state index contributed by atoms with van der Waals surface area (Å²) >= 11 is 8.85. The molecule has 34 heavy (non-hydrogen) atoms. The highest BCUT2D eigenvalue weighted by atomic mass is 127. The maximum atomic E-state index is 13.2. The zero-order chi connectivity index (χ0) is 24.5. The molecule has 0 radical (unpaired) electrons. The first kappa shape index (κ1) is 24.8. The Labute approximate surface area is 218 Å². The van der Waals surface area contributed by atoms with Gasteiger partial charge in [0.2, 0.25) is 0 Å². The average molecular weight is 629 g/mol. The van der Waals surface area contributed by atoms with E-state index in [0.29, 0.717) is 16.1 Å². The van der Waals surface area contributed by atoms with Crippen molar-refractivity contribution in [2.45, 2.75) is 24.0 Å². The SMILES string of the molecule is C[C@@H](NC(=O)c1ccc(I)cc1NS(=O)(=O)c1cccc2nsnc12)[C@@H](O)c1ccc(Cl)cc1. The van der Waals surface area contributed by atoms with Gasteiger partial charge in [0.25, 0.3) is 15.9 Å². The van der Waals surface area contributed by atoms with Crippen LogP contribution in [0.5, 0.6) is 0 Å². The predicted octanol–water partition coefficient (Wildman–Crippen LogP) is 4.60. The molecular weight excluding hydrogens is 611 g/mol. The first-order valence-corrected chi connectivity index (χ1v) is 13.6. The zero-order valence-electron chi connectivity index (χ0n) is 17.6. The number of nitrogens with one attached hydrogen (secondary N) is 2. The van der Waals surface area contributed by atoms with Crippen molar-refractivity contribution in [1.82, 2.24) is 14.1 Å². The van der Waals surface area contributed by atoms with Crippen molar-refractivity contribution >= 4 is 78.6 Å². The molecule has 3 N–H and O–H groups in total. The predicted molar refractivity (Wildman–Crippen MR) is 141 cm³/mol. The molecule has 1 aromatic heterocycles. The Bertz CT molecular complexity index is 1460. The average Bonchev–Trinajstić information content (AvgIpc) is 3.27. The molecule has 0 fully saturated rings. The second-order valence-electron chi connectivity index (χ2n) is 7.44. The van der Waals surface area contributed by atoms with Crippen LogP contribution in [0, 0.1) is 3.57 Å². The molecule has 4 rings (SSSR count). The fraction of sp³-hybridized carbons (Fsp3) is 0.136. The molecule has 0 aliphatic heterocycles. The number of halogens is 2. The smallest absolute Gasteiger partial charge is 0.264 e. The normalized spacial score (nSPS) is 13.4. The number of aromatic nitrogens is 2. The van der Waals surface area contributed by atoms with Crippen LogP contribution in [-0.4, -0.2) is 34.2 Å². The maximum Gasteiger partial charge on any atom is 0.264 e. The number of hydrogen-bond donors (Lipinski definition) is 3. The van der Waals surface area contributed by atoms with Gasteiger partial charge in [0.1, 0.15) is 15.9 Å². The molecule has 0 unspecified atom stereocenters. The second kappa shape index (κ2) is 10.1. The van der Waals surface area contributed by atoms with Crippen LogP contribution in [0.2, 0.25) is 5.02 Å². The van der Waals surface area contributed by atoms with Crippen molar-refractivity contribution in [1.29, 1.82) is 0 Å². The van der Waals surface area contributed by atoms with Crippen LogP contribution in [0.1, 0.15) is 28.9 Å². The first-order valence-electron chi connectivity index (χ1n) is 9.94. The van der Waals surface area contributed by atoms with Gasteiger partial charge in [-0.2, -0.15) is 8.75 Å². The Balaban J connectivity index is 1.60. The summed E-state index contributed by atoms with van der Waals surface area (Å²) < 4.78 is 37.8. The van der Waals surface area contributed by atoms with Crippen molar-refractivity contribution in [3.63, 3.8) is 0 Å². The summed E-state index contributed by atoms with van der Waals surface area (Å²) in [5.74, 6) is -0.539. The first-order chi connectivity index (χ1) is 16.2. The topological polar surface area (TPSA) is 121 Å². The molecule has 4 aromatic rings. The molecule has 12 heteroatoms. The molecule has 3 aromatic carbocycles. The molecule has 0 aliphatic rings. The van der Waals surface area contributed by atoms with Crippen molar-refractivity contribution < 1.29 is 18.3 Å². The van der Waals surface area contributed by atoms with Crippen LogP contribution in [0.25, 0.3) is 11.0 Å². The molecule has 0 saturated carbocycles. The van der Waals surface area contributed by atoms with E-state index in [-0.39, 0.29) is 21.7 Å². The molecule has 8 nitrogen and oxygen atoms in total. The fourth-order valence-electron chi connectivity index (χ4n) is 3.31. The van der Waals surface area contributed by atoms with Gasteiger partial charge in [-0.25, -0.2) is 8.42 Å². The fourth-order valence-corrected chi connectivity index (χ4v) is 5.76. The van der Waals surface area contributed by atoms with E-state index in [1.165, 1.54) is 12.1 Å². The summed E-state index contributed by atoms with van der Waals surface area (Å²) in [5.41, 5.74) is 1.54. The number of benzene rings is 3. The van der Waals surface area contributed by atoms with E-state index in [1.54, 1.807) is 55.5 Å². The van der Waals surface area contributed by atoms with E-state index in [0.717, 1.165) is 15.3 Å². The molecule has 1 heterocycles. The van der Waals surface area contributed by atoms with Crippen LogP contribution < -0.4 is 10.0 Å². The lowest BCUT2D eigenvalue weighted by atomic mass is 10.0. The Morgan fingerprint density at radius 1 is 1.12 bits per heavy atom. The number of anilines is 1. The molecule has 176 valence electrons. The highest BCUT2D eigenvalue weighted by Gasteiger charge is 2.25. The van der Waals surface area contributed by atoms with Crippen LogP contribution in [0.15, 0.2) is 65.6 Å². The minimum Gasteiger partial charge on any atom is -0.386 e. The molecule has 2 atom stereocenters. The van der Waals surface area contributed by atoms with E-state index in [9.17, 15) is 18.3 Å². The van der Waals surface area contributed by atoms with Crippen molar-refractivity contribution in [2.24, 2.45) is 0 Å². The van der Waals surface area contributed by atoms with Gasteiger partial charge in [0, 0.05) is 8.59 Å². The van der Waals surface area contributed by atoms with E-state index in [4.69, 9.17) is 11.6 Å². The Hall–Kier alpha value is -2.32. The third kappa shape index (κ3) is 5.33. The minimum atomic E-state index is -4.07. The van der Waals surface area contributed by atoms with Crippen molar-refractivity contribution in [3.05, 3.63) is 80.4 Å². The molecule has 0 bridgehead atoms. The van der Waals surface area contributed by atoms with E-state index in [2.05, 4.69) is 18.8 Å². The van der Waals surface area contributed by atoms with Gasteiger partial charge in [0.15, 0.2) is 0 Å². The number of aliphatic hydroxyl groups excluding tert-OH is 1. The summed E-state index contributed by atoms with van der Waals surface area (Å²) in [6.45, 7) is 1.66. The number of rotatable bonds is 7. The summed E-state index contributed by atoms with van der Waals surface area (Å²) in [5, 5.41) is 13.9. The highest BCUT2D eigenvalue weighted by Crippen LogP contribution is 2.27. The number of hydrogen-bond acceptors (Lipinski definition) is 7. The number of sulfonamides is 1. The third-order valence-electron chi connectivity index (χ3n) is 5.05. The van der Waals surface area contributed by atoms with Crippen molar-refractivity contribution in [2.75, 3.05) is 4.72 Å². The summed E-state index contributed by atoms with van der Waals surface area (Å²) in [6, 6.07) is 15.5. The summed E-state index contributed by atoms with van der Waals surface area (Å²) in [7, 11) is -4.07. The Kier molecular flexibility index (Phi) is 7.38. The number of nitrogens with zero attached hydrogens (tertiary/aromatic N) is 2. The van der Waals surface area contributed by atoms with Gasteiger partial charge < -0.3 is 10.4 Å². The van der Waals surface area contributed by atoms with Crippen molar-refractivity contribution in [3.8, 4) is 0 Å². The second-order valence-corrected chi connectivity index (χ2v) is 11.3. The molecule has 0 aliphatic carbocycles. The van der Waals surface area contributed by atoms with Crippen LogP contribution >= 0.6 is 45.9 Å². The number of amides is 1. The molecule has 0 spiro atoms. The molecular formula is C22H18ClIN4O4S2. The molecule has 0 saturated heterocycles. The van der Waals surface area contributed by atoms with Gasteiger partial charge in [-0.15, -0.1) is 0 Å². The number of carbonyl (C=O) groups is 1. The highest BCUT2D eigenvalue weighted by molar-refractivity contribution is 14.1. The Morgan fingerprint density at radius 2 is 1.85 bits per heavy atom. The standard InChI is InChI=1S/C22H18ClIN4O4S2/c1-12(21(29)13-5-7-14(23)8-6-13)25-22(30)16-10-9-15(24)11-18(16)28-34(31,32)19-4-2-3-17-20(19)27-33-26-17/h2-12,21,28-29H,1H3,(H,25,30)/t12-,21-/m1/s1. The number of aliphatic hydroxyl groups is 1. The van der Waals surface area contributed by atoms with Crippen LogP contribution in [-0.2, 0) is 10.0 Å². The number of carbonyl (C=O) groups excluding carboxylic acids is 1. The Morgan fingerprint density at radius 3 is 2.59 bits per heavy atom. The van der Waals surface area contributed by atoms with Gasteiger partial charge in [-0.1, -0.05) is 29.8 Å². The lowest BCUT2D eigenvalue weighted by Crippen LogP contribution is -2.37. The van der Waals surface area contributed by atoms with Crippen LogP contribution in [0.4, 0.5) is 5.69 Å². The number of fused-ring (bicyclic) bond motifs is 1. The largest absolute Gasteiger partial charge is 0.386 e. The monoisotopic (exact) mass is 628 g/mol. The third-order valence-corrected chi connectivity index (χ3v) is 7.92. The van der Waals surface area contributed by atoms with Gasteiger partial charge >= 0.3 is 0 Å². The van der Waals surface area contributed by atoms with Gasteiger partial charge in [-0.3, -0.25) is 9.52 Å². The maximum absolute atomic E-state index is 13.2. The zero-order valence-corrected chi connectivity index (χ0v) is 22.1. The van der Waals surface area contributed by atoms with Gasteiger partial charge in [0.05, 0.1) is 35.1 Å². The lowest BCUT2D eigenvalue weighted by Gasteiger charge is -2.22. The lowest BCUT2D eigenvalue weighted by molar-refractivity contribution is 0.0853. The summed E-state index contributed by atoms with van der Waals surface area (Å²) in [6.07, 6.45) is -0.986.